The topological polar surface area (TPSA) is 160 Å². The Kier molecular flexibility index (Phi) is 3.49. The third-order valence-electron chi connectivity index (χ3n) is 7.13. The van der Waals surface area contributed by atoms with Crippen LogP contribution in [0.4, 0.5) is 0 Å². The number of esters is 1. The molecule has 4 aliphatic heterocycles. The van der Waals surface area contributed by atoms with Crippen molar-refractivity contribution in [3.05, 3.63) is 33.4 Å². The number of aliphatic hydroxyl groups excluding tert-OH is 1. The van der Waals surface area contributed by atoms with E-state index in [-0.39, 0.29) is 41.7 Å². The van der Waals surface area contributed by atoms with Gasteiger partial charge in [0.1, 0.15) is 23.2 Å². The summed E-state index contributed by atoms with van der Waals surface area (Å²) in [6.07, 6.45) is -5.09. The zero-order valence-electron chi connectivity index (χ0n) is 16.2. The van der Waals surface area contributed by atoms with Gasteiger partial charge in [-0.2, -0.15) is 0 Å². The monoisotopic (exact) mass is 430 g/mol. The van der Waals surface area contributed by atoms with Crippen LogP contribution >= 0.6 is 0 Å². The van der Waals surface area contributed by atoms with Crippen LogP contribution in [0.1, 0.15) is 57.7 Å². The number of phenolic OH excluding ortho intramolecular Hbond substituents is 2. The molecule has 31 heavy (non-hydrogen) atoms. The molecule has 162 valence electrons. The number of ketones is 2. The maximum absolute atomic E-state index is 13.5. The van der Waals surface area contributed by atoms with Crippen molar-refractivity contribution in [1.29, 1.82) is 0 Å². The molecule has 1 aromatic rings. The molecule has 6 aliphatic rings. The van der Waals surface area contributed by atoms with E-state index in [9.17, 15) is 34.8 Å². The number of carbonyl (C=O) groups is 3. The van der Waals surface area contributed by atoms with Crippen LogP contribution in [0.15, 0.2) is 11.1 Å². The molecular formula is C21H18O10. The lowest BCUT2D eigenvalue weighted by Crippen LogP contribution is -2.66. The number of phenols is 2. The lowest BCUT2D eigenvalue weighted by Gasteiger charge is -2.52. The van der Waals surface area contributed by atoms with Crippen molar-refractivity contribution in [3.63, 3.8) is 0 Å². The van der Waals surface area contributed by atoms with Crippen molar-refractivity contribution >= 4 is 17.5 Å². The van der Waals surface area contributed by atoms with Crippen molar-refractivity contribution in [3.8, 4) is 11.5 Å². The first-order valence-electron chi connectivity index (χ1n) is 9.97. The molecule has 2 saturated heterocycles. The first kappa shape index (κ1) is 18.9. The highest BCUT2D eigenvalue weighted by Crippen LogP contribution is 2.55. The molecular weight excluding hydrogens is 412 g/mol. The second-order valence-corrected chi connectivity index (χ2v) is 8.59. The van der Waals surface area contributed by atoms with Gasteiger partial charge in [-0.1, -0.05) is 0 Å². The number of fused-ring (bicyclic) bond motifs is 6. The fourth-order valence-corrected chi connectivity index (χ4v) is 5.62. The first-order chi connectivity index (χ1) is 14.7. The van der Waals surface area contributed by atoms with E-state index in [1.54, 1.807) is 0 Å². The van der Waals surface area contributed by atoms with E-state index in [0.29, 0.717) is 0 Å². The minimum atomic E-state index is -2.13. The van der Waals surface area contributed by atoms with Crippen molar-refractivity contribution in [2.45, 2.75) is 62.5 Å². The average Bonchev–Trinajstić information content (AvgIpc) is 3.09. The normalized spacial score (nSPS) is 37.9. The summed E-state index contributed by atoms with van der Waals surface area (Å²) in [7, 11) is 0. The summed E-state index contributed by atoms with van der Waals surface area (Å²) in [5, 5.41) is 43.6. The van der Waals surface area contributed by atoms with Gasteiger partial charge in [0.2, 0.25) is 0 Å². The molecule has 10 heteroatoms. The minimum absolute atomic E-state index is 0.0372. The number of hydrogen-bond acceptors (Lipinski definition) is 10. The molecule has 2 bridgehead atoms. The number of benzene rings is 1. The highest BCUT2D eigenvalue weighted by atomic mass is 16.6. The van der Waals surface area contributed by atoms with E-state index in [2.05, 4.69) is 0 Å². The molecule has 6 atom stereocenters. The predicted molar refractivity (Wildman–Crippen MR) is 97.4 cm³/mol. The van der Waals surface area contributed by atoms with Crippen LogP contribution in [-0.4, -0.2) is 68.0 Å². The standard InChI is InChI=1S/C21H18O10/c1-5-21(28)9(22)2-7(30-5)12-15(21)19(27)13-14(18(12)26)17(25)11-6(16(13)24)4-29-8-3-10(23)31-20(8)11/h5,7-9,20,22,24-25,28H,2-4H2,1H3/t5?,7?,8-,9?,20+,21?/m0/s1. The van der Waals surface area contributed by atoms with Gasteiger partial charge >= 0.3 is 5.97 Å². The molecule has 2 aliphatic carbocycles. The fourth-order valence-electron chi connectivity index (χ4n) is 5.62. The number of ether oxygens (including phenoxy) is 3. The number of Topliss-reactive ketones (excluding diaryl/α,β-unsaturated/α-hetero) is 2. The van der Waals surface area contributed by atoms with Crippen LogP contribution in [0.2, 0.25) is 0 Å². The first-order valence-corrected chi connectivity index (χ1v) is 9.97. The smallest absolute Gasteiger partial charge is 0.309 e. The molecule has 2 fully saturated rings. The van der Waals surface area contributed by atoms with Crippen LogP contribution in [-0.2, 0) is 25.6 Å². The van der Waals surface area contributed by atoms with E-state index in [4.69, 9.17) is 14.2 Å². The molecule has 4 heterocycles. The summed E-state index contributed by atoms with van der Waals surface area (Å²) in [6.45, 7) is 1.28. The molecule has 10 nitrogen and oxygen atoms in total. The van der Waals surface area contributed by atoms with Crippen molar-refractivity contribution in [1.82, 2.24) is 0 Å². The van der Waals surface area contributed by atoms with Gasteiger partial charge in [-0.3, -0.25) is 14.4 Å². The summed E-state index contributed by atoms with van der Waals surface area (Å²) in [5.41, 5.74) is -3.39. The Morgan fingerprint density at radius 2 is 1.77 bits per heavy atom. The Bertz CT molecular complexity index is 1140. The molecule has 4 N–H and O–H groups in total. The third kappa shape index (κ3) is 2.03. The molecule has 0 amide bonds. The minimum Gasteiger partial charge on any atom is -0.507 e. The molecule has 7 rings (SSSR count). The Morgan fingerprint density at radius 3 is 2.48 bits per heavy atom. The highest BCUT2D eigenvalue weighted by Gasteiger charge is 2.62. The van der Waals surface area contributed by atoms with Crippen molar-refractivity contribution in [2.75, 3.05) is 0 Å². The molecule has 0 spiro atoms. The van der Waals surface area contributed by atoms with E-state index >= 15 is 0 Å². The van der Waals surface area contributed by atoms with Gasteiger partial charge in [0.25, 0.3) is 0 Å². The van der Waals surface area contributed by atoms with E-state index in [0.717, 1.165) is 0 Å². The summed E-state index contributed by atoms with van der Waals surface area (Å²) in [6, 6.07) is 0. The second kappa shape index (κ2) is 5.71. The van der Waals surface area contributed by atoms with Crippen LogP contribution in [0.3, 0.4) is 0 Å². The van der Waals surface area contributed by atoms with Crippen LogP contribution in [0.25, 0.3) is 0 Å². The second-order valence-electron chi connectivity index (χ2n) is 8.59. The predicted octanol–water partition coefficient (Wildman–Crippen LogP) is -0.0568. The summed E-state index contributed by atoms with van der Waals surface area (Å²) >= 11 is 0. The number of hydrogen-bond donors (Lipinski definition) is 4. The zero-order valence-corrected chi connectivity index (χ0v) is 16.2. The molecule has 4 unspecified atom stereocenters. The van der Waals surface area contributed by atoms with Gasteiger partial charge < -0.3 is 34.6 Å². The van der Waals surface area contributed by atoms with Gasteiger partial charge in [-0.05, 0) is 6.92 Å². The number of carbonyl (C=O) groups excluding carboxylic acids is 3. The van der Waals surface area contributed by atoms with Crippen LogP contribution in [0.5, 0.6) is 11.5 Å². The highest BCUT2D eigenvalue weighted by molar-refractivity contribution is 6.30. The summed E-state index contributed by atoms with van der Waals surface area (Å²) in [5.74, 6) is -3.35. The van der Waals surface area contributed by atoms with Gasteiger partial charge in [-0.15, -0.1) is 0 Å². The Labute approximate surface area is 174 Å². The summed E-state index contributed by atoms with van der Waals surface area (Å²) < 4.78 is 16.5. The lowest BCUT2D eigenvalue weighted by molar-refractivity contribution is -0.207. The molecule has 0 saturated carbocycles. The van der Waals surface area contributed by atoms with E-state index in [1.165, 1.54) is 6.92 Å². The fraction of sp³-hybridized carbons (Fsp3) is 0.476. The molecule has 1 aromatic carbocycles. The van der Waals surface area contributed by atoms with Crippen LogP contribution < -0.4 is 0 Å². The van der Waals surface area contributed by atoms with Gasteiger partial charge in [0.05, 0.1) is 42.5 Å². The lowest BCUT2D eigenvalue weighted by atomic mass is 9.63. The quantitative estimate of drug-likeness (QED) is 0.324. The average molecular weight is 430 g/mol. The van der Waals surface area contributed by atoms with E-state index < -0.39 is 76.3 Å². The molecule has 0 radical (unpaired) electrons. The Balaban J connectivity index is 1.62. The van der Waals surface area contributed by atoms with E-state index in [1.807, 2.05) is 0 Å². The number of aliphatic hydroxyl groups is 2. The maximum atomic E-state index is 13.5. The van der Waals surface area contributed by atoms with Crippen LogP contribution in [0, 0.1) is 0 Å². The summed E-state index contributed by atoms with van der Waals surface area (Å²) in [4.78, 5) is 38.7. The van der Waals surface area contributed by atoms with Gasteiger partial charge in [0.15, 0.2) is 17.7 Å². The largest absolute Gasteiger partial charge is 0.507 e. The van der Waals surface area contributed by atoms with Crippen molar-refractivity contribution in [2.24, 2.45) is 0 Å². The van der Waals surface area contributed by atoms with Gasteiger partial charge in [0, 0.05) is 28.7 Å². The molecule has 0 aromatic heterocycles. The zero-order chi connectivity index (χ0) is 22.0. The maximum Gasteiger partial charge on any atom is 0.309 e. The third-order valence-corrected chi connectivity index (χ3v) is 7.13. The SMILES string of the molecule is CC1OC2CC(O)C1(O)C1=C2C(=O)c2c(O)c3c(c(O)c2C1=O)CO[C@H]1CC(=O)O[C@@H]31. The van der Waals surface area contributed by atoms with Gasteiger partial charge in [-0.25, -0.2) is 0 Å². The van der Waals surface area contributed by atoms with Crippen molar-refractivity contribution < 1.29 is 49.0 Å². The number of rotatable bonds is 0. The number of aromatic hydroxyl groups is 2. The Hall–Kier alpha value is -2.79. The Morgan fingerprint density at radius 1 is 1.06 bits per heavy atom.